The monoisotopic (exact) mass is 477 g/mol. The molecular formula is C21H23N3O6S2. The van der Waals surface area contributed by atoms with Crippen LogP contribution in [-0.4, -0.2) is 47.1 Å². The number of aromatic amines is 1. The van der Waals surface area contributed by atoms with Crippen molar-refractivity contribution < 1.29 is 26.4 Å². The predicted molar refractivity (Wildman–Crippen MR) is 121 cm³/mol. The number of methoxy groups -OCH3 is 1. The SMILES string of the molecule is COc1ccc(N2C(=O)[C@@H](C)CS2(=O)=O)cc1S(=O)(=O)NCCc1c[nH]c2ccccc12. The number of ether oxygens (including phenoxy) is 1. The Morgan fingerprint density at radius 3 is 2.66 bits per heavy atom. The summed E-state index contributed by atoms with van der Waals surface area (Å²) in [5, 5.41) is 1.01. The first-order valence-electron chi connectivity index (χ1n) is 9.93. The van der Waals surface area contributed by atoms with Crippen LogP contribution < -0.4 is 13.8 Å². The van der Waals surface area contributed by atoms with Crippen molar-refractivity contribution in [3.63, 3.8) is 0 Å². The van der Waals surface area contributed by atoms with Gasteiger partial charge in [0.1, 0.15) is 10.6 Å². The van der Waals surface area contributed by atoms with Gasteiger partial charge in [-0.25, -0.2) is 25.9 Å². The third kappa shape index (κ3) is 3.98. The van der Waals surface area contributed by atoms with E-state index in [2.05, 4.69) is 9.71 Å². The van der Waals surface area contributed by atoms with Crippen LogP contribution in [0, 0.1) is 5.92 Å². The Bertz CT molecular complexity index is 1400. The Balaban J connectivity index is 1.60. The van der Waals surface area contributed by atoms with Crippen LogP contribution in [0.1, 0.15) is 12.5 Å². The van der Waals surface area contributed by atoms with Crippen molar-refractivity contribution in [1.29, 1.82) is 0 Å². The number of anilines is 1. The normalized spacial score (nSPS) is 18.4. The van der Waals surface area contributed by atoms with Gasteiger partial charge in [-0.2, -0.15) is 0 Å². The summed E-state index contributed by atoms with van der Waals surface area (Å²) >= 11 is 0. The Labute approximate surface area is 186 Å². The average molecular weight is 478 g/mol. The van der Waals surface area contributed by atoms with Gasteiger partial charge in [-0.1, -0.05) is 25.1 Å². The summed E-state index contributed by atoms with van der Waals surface area (Å²) in [7, 11) is -6.59. The fraction of sp³-hybridized carbons (Fsp3) is 0.286. The minimum atomic E-state index is -4.05. The Kier molecular flexibility index (Phi) is 5.74. The molecule has 2 aromatic carbocycles. The number of fused-ring (bicyclic) bond motifs is 1. The summed E-state index contributed by atoms with van der Waals surface area (Å²) in [6, 6.07) is 11.6. The zero-order valence-electron chi connectivity index (χ0n) is 17.5. The lowest BCUT2D eigenvalue weighted by Gasteiger charge is -2.18. The van der Waals surface area contributed by atoms with Gasteiger partial charge in [-0.15, -0.1) is 0 Å². The van der Waals surface area contributed by atoms with Crippen LogP contribution in [0.5, 0.6) is 5.75 Å². The lowest BCUT2D eigenvalue weighted by Crippen LogP contribution is -2.31. The molecule has 1 saturated heterocycles. The molecule has 1 amide bonds. The second kappa shape index (κ2) is 8.23. The number of hydrogen-bond acceptors (Lipinski definition) is 6. The average Bonchev–Trinajstić information content (AvgIpc) is 3.25. The molecule has 2 N–H and O–H groups in total. The van der Waals surface area contributed by atoms with Crippen molar-refractivity contribution in [2.24, 2.45) is 5.92 Å². The molecule has 4 rings (SSSR count). The van der Waals surface area contributed by atoms with Crippen LogP contribution in [0.4, 0.5) is 5.69 Å². The topological polar surface area (TPSA) is 126 Å². The molecule has 1 aliphatic rings. The molecule has 0 radical (unpaired) electrons. The minimum Gasteiger partial charge on any atom is -0.495 e. The largest absolute Gasteiger partial charge is 0.495 e. The van der Waals surface area contributed by atoms with Crippen LogP contribution in [0.3, 0.4) is 0 Å². The maximum atomic E-state index is 13.0. The number of carbonyl (C=O) groups excluding carboxylic acids is 1. The molecule has 0 aliphatic carbocycles. The molecule has 1 aliphatic heterocycles. The second-order valence-electron chi connectivity index (χ2n) is 7.62. The van der Waals surface area contributed by atoms with E-state index in [4.69, 9.17) is 4.74 Å². The van der Waals surface area contributed by atoms with Crippen LogP contribution >= 0.6 is 0 Å². The zero-order valence-corrected chi connectivity index (χ0v) is 19.2. The zero-order chi connectivity index (χ0) is 23.1. The van der Waals surface area contributed by atoms with Crippen molar-refractivity contribution in [3.8, 4) is 5.75 Å². The van der Waals surface area contributed by atoms with Crippen molar-refractivity contribution in [2.75, 3.05) is 23.7 Å². The highest BCUT2D eigenvalue weighted by Crippen LogP contribution is 2.33. The maximum absolute atomic E-state index is 13.0. The van der Waals surface area contributed by atoms with E-state index in [9.17, 15) is 21.6 Å². The van der Waals surface area contributed by atoms with E-state index in [0.29, 0.717) is 10.7 Å². The van der Waals surface area contributed by atoms with Gasteiger partial charge in [0.2, 0.25) is 26.0 Å². The Morgan fingerprint density at radius 1 is 1.22 bits per heavy atom. The summed E-state index contributed by atoms with van der Waals surface area (Å²) in [6.45, 7) is 1.64. The van der Waals surface area contributed by atoms with Gasteiger partial charge in [0, 0.05) is 23.6 Å². The number of nitrogens with zero attached hydrogens (tertiary/aromatic N) is 1. The summed E-state index contributed by atoms with van der Waals surface area (Å²) in [6.07, 6.45) is 2.28. The van der Waals surface area contributed by atoms with Crippen LogP contribution in [0.25, 0.3) is 10.9 Å². The van der Waals surface area contributed by atoms with Gasteiger partial charge in [-0.05, 0) is 36.2 Å². The molecule has 1 aromatic heterocycles. The first-order valence-corrected chi connectivity index (χ1v) is 13.0. The summed E-state index contributed by atoms with van der Waals surface area (Å²) < 4.78 is 59.3. The van der Waals surface area contributed by atoms with Gasteiger partial charge in [0.15, 0.2) is 0 Å². The van der Waals surface area contributed by atoms with Crippen LogP contribution in [0.15, 0.2) is 53.6 Å². The van der Waals surface area contributed by atoms with Crippen LogP contribution in [0.2, 0.25) is 0 Å². The van der Waals surface area contributed by atoms with Gasteiger partial charge >= 0.3 is 0 Å². The van der Waals surface area contributed by atoms with Crippen molar-refractivity contribution in [1.82, 2.24) is 9.71 Å². The van der Waals surface area contributed by atoms with E-state index >= 15 is 0 Å². The van der Waals surface area contributed by atoms with Crippen molar-refractivity contribution >= 4 is 42.5 Å². The first-order chi connectivity index (χ1) is 15.1. The molecule has 9 nitrogen and oxygen atoms in total. The second-order valence-corrected chi connectivity index (χ2v) is 11.2. The van der Waals surface area contributed by atoms with E-state index < -0.39 is 31.9 Å². The standard InChI is InChI=1S/C21H23N3O6S2/c1-14-13-31(26,27)24(21(14)25)16-7-8-19(30-2)20(11-16)32(28,29)23-10-9-15-12-22-18-6-4-3-5-17(15)18/h3-8,11-12,14,22-23H,9-10,13H2,1-2H3/t14-/m0/s1. The van der Waals surface area contributed by atoms with Crippen LogP contribution in [-0.2, 0) is 31.3 Å². The third-order valence-corrected chi connectivity index (χ3v) is 8.74. The molecule has 0 unspecified atom stereocenters. The molecule has 170 valence electrons. The van der Waals surface area contributed by atoms with Gasteiger partial charge in [0.05, 0.1) is 24.5 Å². The molecule has 0 spiro atoms. The lowest BCUT2D eigenvalue weighted by atomic mass is 10.1. The molecule has 3 aromatic rings. The summed E-state index contributed by atoms with van der Waals surface area (Å²) in [5.74, 6) is -1.56. The Hall–Kier alpha value is -2.89. The number of carbonyl (C=O) groups is 1. The smallest absolute Gasteiger partial charge is 0.244 e. The molecule has 32 heavy (non-hydrogen) atoms. The van der Waals surface area contributed by atoms with Gasteiger partial charge in [-0.3, -0.25) is 4.79 Å². The highest BCUT2D eigenvalue weighted by Gasteiger charge is 2.42. The summed E-state index contributed by atoms with van der Waals surface area (Å²) in [4.78, 5) is 15.3. The number of aromatic nitrogens is 1. The molecule has 1 atom stereocenters. The minimum absolute atomic E-state index is 0.0304. The van der Waals surface area contributed by atoms with E-state index in [0.717, 1.165) is 22.5 Å². The highest BCUT2D eigenvalue weighted by molar-refractivity contribution is 7.94. The molecule has 2 heterocycles. The van der Waals surface area contributed by atoms with E-state index in [-0.39, 0.29) is 28.6 Å². The third-order valence-electron chi connectivity index (χ3n) is 5.39. The fourth-order valence-electron chi connectivity index (χ4n) is 3.82. The number of amides is 1. The lowest BCUT2D eigenvalue weighted by molar-refractivity contribution is -0.119. The number of nitrogens with one attached hydrogen (secondary N) is 2. The highest BCUT2D eigenvalue weighted by atomic mass is 32.2. The first kappa shape index (κ1) is 22.3. The van der Waals surface area contributed by atoms with Crippen molar-refractivity contribution in [2.45, 2.75) is 18.2 Å². The van der Waals surface area contributed by atoms with Gasteiger partial charge in [0.25, 0.3) is 0 Å². The number of sulfonamides is 2. The van der Waals surface area contributed by atoms with E-state index in [1.165, 1.54) is 26.2 Å². The molecule has 0 bridgehead atoms. The van der Waals surface area contributed by atoms with Gasteiger partial charge < -0.3 is 9.72 Å². The number of para-hydroxylation sites is 1. The predicted octanol–water partition coefficient (Wildman–Crippen LogP) is 2.01. The summed E-state index contributed by atoms with van der Waals surface area (Å²) in [5.41, 5.74) is 1.90. The number of rotatable bonds is 7. The maximum Gasteiger partial charge on any atom is 0.244 e. The fourth-order valence-corrected chi connectivity index (χ4v) is 6.86. The number of hydrogen-bond donors (Lipinski definition) is 2. The van der Waals surface area contributed by atoms with E-state index in [1.54, 1.807) is 0 Å². The molecule has 0 saturated carbocycles. The molecule has 1 fully saturated rings. The number of H-pyrrole nitrogens is 1. The van der Waals surface area contributed by atoms with Crippen molar-refractivity contribution in [3.05, 3.63) is 54.2 Å². The number of benzene rings is 2. The molecule has 11 heteroatoms. The quantitative estimate of drug-likeness (QED) is 0.536. The molecular weight excluding hydrogens is 454 g/mol. The Morgan fingerprint density at radius 2 is 1.97 bits per heavy atom. The van der Waals surface area contributed by atoms with E-state index in [1.807, 2.05) is 30.5 Å².